The first-order chi connectivity index (χ1) is 9.94. The van der Waals surface area contributed by atoms with Crippen LogP contribution in [-0.2, 0) is 5.75 Å². The van der Waals surface area contributed by atoms with Gasteiger partial charge in [-0.3, -0.25) is 9.78 Å². The molecule has 0 unspecified atom stereocenters. The summed E-state index contributed by atoms with van der Waals surface area (Å²) in [5.74, 6) is 1.23. The van der Waals surface area contributed by atoms with Gasteiger partial charge in [-0.1, -0.05) is 31.5 Å². The molecule has 0 radical (unpaired) electrons. The van der Waals surface area contributed by atoms with Gasteiger partial charge in [0.05, 0.1) is 5.69 Å². The van der Waals surface area contributed by atoms with Crippen LogP contribution < -0.4 is 10.9 Å². The summed E-state index contributed by atoms with van der Waals surface area (Å²) in [5.41, 5.74) is 3.96. The summed E-state index contributed by atoms with van der Waals surface area (Å²) in [5, 5.41) is 3.71. The summed E-state index contributed by atoms with van der Waals surface area (Å²) >= 11 is 1.77. The Morgan fingerprint density at radius 3 is 2.71 bits per heavy atom. The Hall–Kier alpha value is -1.75. The molecule has 2 N–H and O–H groups in total. The molecular weight excluding hydrogens is 282 g/mol. The van der Waals surface area contributed by atoms with Gasteiger partial charge in [0.25, 0.3) is 5.56 Å². The maximum atomic E-state index is 11.7. The van der Waals surface area contributed by atoms with E-state index in [4.69, 9.17) is 0 Å². The molecule has 0 saturated carbocycles. The third kappa shape index (κ3) is 4.63. The maximum Gasteiger partial charge on any atom is 0.252 e. The number of thioether (sulfide) groups is 1. The summed E-state index contributed by atoms with van der Waals surface area (Å²) < 4.78 is 0. The van der Waals surface area contributed by atoms with Crippen molar-refractivity contribution in [1.82, 2.24) is 9.97 Å². The first-order valence-corrected chi connectivity index (χ1v) is 8.05. The minimum atomic E-state index is -0.128. The molecule has 0 spiro atoms. The van der Waals surface area contributed by atoms with Gasteiger partial charge in [0.15, 0.2) is 0 Å². The molecule has 0 bridgehead atoms. The van der Waals surface area contributed by atoms with Crippen molar-refractivity contribution < 1.29 is 0 Å². The maximum absolute atomic E-state index is 11.7. The Morgan fingerprint density at radius 1 is 1.29 bits per heavy atom. The average Bonchev–Trinajstić information content (AvgIpc) is 2.39. The summed E-state index contributed by atoms with van der Waals surface area (Å²) in [6.07, 6.45) is 0. The predicted octanol–water partition coefficient (Wildman–Crippen LogP) is 3.77. The van der Waals surface area contributed by atoms with E-state index in [1.807, 2.05) is 19.1 Å². The van der Waals surface area contributed by atoms with Crippen LogP contribution >= 0.6 is 11.8 Å². The summed E-state index contributed by atoms with van der Waals surface area (Å²) in [7, 11) is 0. The van der Waals surface area contributed by atoms with Crippen LogP contribution in [-0.4, -0.2) is 15.2 Å². The molecule has 2 aromatic rings. The highest BCUT2D eigenvalue weighted by Crippen LogP contribution is 2.20. The average molecular weight is 303 g/mol. The first kappa shape index (κ1) is 15.6. The summed E-state index contributed by atoms with van der Waals surface area (Å²) in [6, 6.07) is 7.69. The topological polar surface area (TPSA) is 57.8 Å². The van der Waals surface area contributed by atoms with E-state index in [-0.39, 0.29) is 5.56 Å². The fourth-order valence-corrected chi connectivity index (χ4v) is 2.63. The SMILES string of the molecule is Cc1ccc(Nc2nc(CSC(C)C)cc(=O)[nH]2)c(C)c1. The van der Waals surface area contributed by atoms with E-state index in [1.165, 1.54) is 5.56 Å². The number of aryl methyl sites for hydroxylation is 2. The van der Waals surface area contributed by atoms with Gasteiger partial charge in [-0.05, 0) is 30.7 Å². The van der Waals surface area contributed by atoms with E-state index in [0.29, 0.717) is 11.2 Å². The van der Waals surface area contributed by atoms with Crippen LogP contribution in [0.15, 0.2) is 29.1 Å². The highest BCUT2D eigenvalue weighted by molar-refractivity contribution is 7.99. The second-order valence-corrected chi connectivity index (χ2v) is 6.95. The van der Waals surface area contributed by atoms with Gasteiger partial charge in [0.1, 0.15) is 0 Å². The fraction of sp³-hybridized carbons (Fsp3) is 0.375. The lowest BCUT2D eigenvalue weighted by atomic mass is 10.1. The predicted molar refractivity (Wildman–Crippen MR) is 90.5 cm³/mol. The molecule has 0 atom stereocenters. The van der Waals surface area contributed by atoms with Crippen molar-refractivity contribution >= 4 is 23.4 Å². The number of hydrogen-bond donors (Lipinski definition) is 2. The molecule has 21 heavy (non-hydrogen) atoms. The van der Waals surface area contributed by atoms with Crippen molar-refractivity contribution in [2.24, 2.45) is 0 Å². The number of anilines is 2. The van der Waals surface area contributed by atoms with Crippen LogP contribution in [0.1, 0.15) is 30.7 Å². The third-order valence-electron chi connectivity index (χ3n) is 2.99. The highest BCUT2D eigenvalue weighted by atomic mass is 32.2. The molecule has 0 amide bonds. The quantitative estimate of drug-likeness (QED) is 0.882. The molecule has 0 saturated heterocycles. The van der Waals surface area contributed by atoms with E-state index < -0.39 is 0 Å². The van der Waals surface area contributed by atoms with Crippen LogP contribution in [0.5, 0.6) is 0 Å². The molecule has 1 aromatic carbocycles. The lowest BCUT2D eigenvalue weighted by molar-refractivity contribution is 1.05. The molecule has 5 heteroatoms. The zero-order chi connectivity index (χ0) is 15.4. The number of nitrogens with zero attached hydrogens (tertiary/aromatic N) is 1. The Morgan fingerprint density at radius 2 is 2.05 bits per heavy atom. The highest BCUT2D eigenvalue weighted by Gasteiger charge is 2.05. The fourth-order valence-electron chi connectivity index (χ4n) is 1.97. The van der Waals surface area contributed by atoms with Gasteiger partial charge < -0.3 is 5.32 Å². The van der Waals surface area contributed by atoms with Crippen molar-refractivity contribution in [3.8, 4) is 0 Å². The van der Waals surface area contributed by atoms with Crippen molar-refractivity contribution in [2.45, 2.75) is 38.7 Å². The molecule has 0 aliphatic carbocycles. The molecule has 112 valence electrons. The summed E-state index contributed by atoms with van der Waals surface area (Å²) in [4.78, 5) is 19.0. The zero-order valence-corrected chi connectivity index (χ0v) is 13.7. The van der Waals surface area contributed by atoms with Crippen molar-refractivity contribution in [2.75, 3.05) is 5.32 Å². The number of hydrogen-bond acceptors (Lipinski definition) is 4. The molecule has 0 fully saturated rings. The van der Waals surface area contributed by atoms with E-state index in [0.717, 1.165) is 22.7 Å². The van der Waals surface area contributed by atoms with Crippen molar-refractivity contribution in [3.63, 3.8) is 0 Å². The molecule has 4 nitrogen and oxygen atoms in total. The van der Waals surface area contributed by atoms with Gasteiger partial charge in [0.2, 0.25) is 5.95 Å². The van der Waals surface area contributed by atoms with E-state index in [1.54, 1.807) is 17.8 Å². The standard InChI is InChI=1S/C16H21N3OS/c1-10(2)21-9-13-8-15(20)19-16(17-13)18-14-6-5-11(3)7-12(14)4/h5-8,10H,9H2,1-4H3,(H2,17,18,19,20). The second kappa shape index (κ2) is 6.80. The number of rotatable bonds is 5. The molecule has 0 aliphatic rings. The van der Waals surface area contributed by atoms with Crippen LogP contribution in [0.2, 0.25) is 0 Å². The second-order valence-electron chi connectivity index (χ2n) is 5.39. The minimum Gasteiger partial charge on any atom is -0.325 e. The Balaban J connectivity index is 2.21. The normalized spacial score (nSPS) is 10.9. The van der Waals surface area contributed by atoms with Gasteiger partial charge in [0, 0.05) is 17.5 Å². The van der Waals surface area contributed by atoms with Crippen LogP contribution in [0.25, 0.3) is 0 Å². The Bertz CT molecular complexity index is 679. The first-order valence-electron chi connectivity index (χ1n) is 7.00. The lowest BCUT2D eigenvalue weighted by Crippen LogP contribution is -2.12. The number of aromatic amines is 1. The Kier molecular flexibility index (Phi) is 5.07. The monoisotopic (exact) mass is 303 g/mol. The third-order valence-corrected chi connectivity index (χ3v) is 4.12. The lowest BCUT2D eigenvalue weighted by Gasteiger charge is -2.10. The van der Waals surface area contributed by atoms with Gasteiger partial charge in [-0.25, -0.2) is 4.98 Å². The molecule has 0 aliphatic heterocycles. The van der Waals surface area contributed by atoms with Crippen LogP contribution in [0, 0.1) is 13.8 Å². The number of nitrogens with one attached hydrogen (secondary N) is 2. The van der Waals surface area contributed by atoms with E-state index in [9.17, 15) is 4.79 Å². The zero-order valence-electron chi connectivity index (χ0n) is 12.9. The molecule has 1 heterocycles. The molecule has 2 rings (SSSR count). The number of aromatic nitrogens is 2. The number of benzene rings is 1. The van der Waals surface area contributed by atoms with E-state index >= 15 is 0 Å². The largest absolute Gasteiger partial charge is 0.325 e. The van der Waals surface area contributed by atoms with Gasteiger partial charge >= 0.3 is 0 Å². The molecular formula is C16H21N3OS. The van der Waals surface area contributed by atoms with Crippen molar-refractivity contribution in [1.29, 1.82) is 0 Å². The Labute approximate surface area is 129 Å². The number of H-pyrrole nitrogens is 1. The van der Waals surface area contributed by atoms with Gasteiger partial charge in [-0.15, -0.1) is 0 Å². The minimum absolute atomic E-state index is 0.128. The van der Waals surface area contributed by atoms with Crippen LogP contribution in [0.3, 0.4) is 0 Å². The van der Waals surface area contributed by atoms with E-state index in [2.05, 4.69) is 42.1 Å². The summed E-state index contributed by atoms with van der Waals surface area (Å²) in [6.45, 7) is 8.35. The smallest absolute Gasteiger partial charge is 0.252 e. The molecule has 1 aromatic heterocycles. The van der Waals surface area contributed by atoms with Crippen LogP contribution in [0.4, 0.5) is 11.6 Å². The van der Waals surface area contributed by atoms with Crippen molar-refractivity contribution in [3.05, 3.63) is 51.4 Å². The van der Waals surface area contributed by atoms with Gasteiger partial charge in [-0.2, -0.15) is 11.8 Å².